The van der Waals surface area contributed by atoms with Gasteiger partial charge in [0.15, 0.2) is 0 Å². The number of hydrogen-bond acceptors (Lipinski definition) is 4. The Kier molecular flexibility index (Phi) is 2.87. The fraction of sp³-hybridized carbons (Fsp3) is 0.0909. The van der Waals surface area contributed by atoms with Gasteiger partial charge < -0.3 is 11.1 Å². The standard InChI is InChI=1S/C11H11N3OS/c1-7-4-8(12)2-3-9(7)14-11(15)10-5-13-6-16-10/h2-6H,12H2,1H3,(H,14,15). The van der Waals surface area contributed by atoms with E-state index in [0.29, 0.717) is 10.6 Å². The fourth-order valence-corrected chi connectivity index (χ4v) is 1.85. The van der Waals surface area contributed by atoms with E-state index in [4.69, 9.17) is 5.73 Å². The average molecular weight is 233 g/mol. The quantitative estimate of drug-likeness (QED) is 0.782. The van der Waals surface area contributed by atoms with Gasteiger partial charge in [-0.05, 0) is 30.7 Å². The van der Waals surface area contributed by atoms with Crippen LogP contribution in [-0.2, 0) is 0 Å². The van der Waals surface area contributed by atoms with Gasteiger partial charge in [-0.3, -0.25) is 9.78 Å². The lowest BCUT2D eigenvalue weighted by atomic mass is 10.2. The van der Waals surface area contributed by atoms with Crippen LogP contribution in [0.5, 0.6) is 0 Å². The summed E-state index contributed by atoms with van der Waals surface area (Å²) < 4.78 is 0. The number of aromatic nitrogens is 1. The number of benzene rings is 1. The van der Waals surface area contributed by atoms with Crippen molar-refractivity contribution in [3.8, 4) is 0 Å². The van der Waals surface area contributed by atoms with Gasteiger partial charge >= 0.3 is 0 Å². The Balaban J connectivity index is 2.18. The summed E-state index contributed by atoms with van der Waals surface area (Å²) in [7, 11) is 0. The lowest BCUT2D eigenvalue weighted by Gasteiger charge is -2.07. The Morgan fingerprint density at radius 2 is 2.31 bits per heavy atom. The molecule has 0 atom stereocenters. The number of nitrogens with zero attached hydrogens (tertiary/aromatic N) is 1. The van der Waals surface area contributed by atoms with E-state index < -0.39 is 0 Å². The van der Waals surface area contributed by atoms with Gasteiger partial charge in [-0.25, -0.2) is 0 Å². The van der Waals surface area contributed by atoms with Crippen LogP contribution in [0.2, 0.25) is 0 Å². The van der Waals surface area contributed by atoms with E-state index in [9.17, 15) is 4.79 Å². The van der Waals surface area contributed by atoms with E-state index in [1.54, 1.807) is 23.8 Å². The van der Waals surface area contributed by atoms with Gasteiger partial charge in [0.05, 0.1) is 11.7 Å². The largest absolute Gasteiger partial charge is 0.399 e. The van der Waals surface area contributed by atoms with Gasteiger partial charge in [0.25, 0.3) is 5.91 Å². The average Bonchev–Trinajstić information content (AvgIpc) is 2.75. The summed E-state index contributed by atoms with van der Waals surface area (Å²) in [4.78, 5) is 16.2. The molecule has 0 unspecified atom stereocenters. The Morgan fingerprint density at radius 1 is 1.50 bits per heavy atom. The van der Waals surface area contributed by atoms with Gasteiger partial charge in [0.2, 0.25) is 0 Å². The molecule has 0 fully saturated rings. The molecule has 0 radical (unpaired) electrons. The molecule has 0 aliphatic heterocycles. The molecule has 0 saturated heterocycles. The summed E-state index contributed by atoms with van der Waals surface area (Å²) in [5.41, 5.74) is 9.66. The molecule has 0 bridgehead atoms. The maximum absolute atomic E-state index is 11.7. The van der Waals surface area contributed by atoms with Gasteiger partial charge in [-0.2, -0.15) is 0 Å². The number of amides is 1. The number of aryl methyl sites for hydroxylation is 1. The summed E-state index contributed by atoms with van der Waals surface area (Å²) in [5.74, 6) is -0.143. The van der Waals surface area contributed by atoms with Crippen molar-refractivity contribution in [2.75, 3.05) is 11.1 Å². The molecule has 1 aromatic heterocycles. The van der Waals surface area contributed by atoms with E-state index in [-0.39, 0.29) is 5.91 Å². The van der Waals surface area contributed by atoms with E-state index in [0.717, 1.165) is 11.3 Å². The molecule has 0 saturated carbocycles. The van der Waals surface area contributed by atoms with Crippen LogP contribution < -0.4 is 11.1 Å². The number of thiazole rings is 1. The third-order valence-corrected chi connectivity index (χ3v) is 2.93. The van der Waals surface area contributed by atoms with Crippen molar-refractivity contribution in [2.24, 2.45) is 0 Å². The Hall–Kier alpha value is -1.88. The van der Waals surface area contributed by atoms with Crippen LogP contribution in [0.1, 0.15) is 15.2 Å². The number of carbonyl (C=O) groups excluding carboxylic acids is 1. The molecule has 1 heterocycles. The van der Waals surface area contributed by atoms with Crippen LogP contribution in [-0.4, -0.2) is 10.9 Å². The minimum Gasteiger partial charge on any atom is -0.399 e. The van der Waals surface area contributed by atoms with Crippen molar-refractivity contribution in [3.63, 3.8) is 0 Å². The zero-order chi connectivity index (χ0) is 11.5. The maximum Gasteiger partial charge on any atom is 0.267 e. The van der Waals surface area contributed by atoms with Gasteiger partial charge in [-0.1, -0.05) is 0 Å². The lowest BCUT2D eigenvalue weighted by Crippen LogP contribution is -2.11. The second kappa shape index (κ2) is 4.32. The van der Waals surface area contributed by atoms with Gasteiger partial charge in [-0.15, -0.1) is 11.3 Å². The molecule has 82 valence electrons. The molecular formula is C11H11N3OS. The molecule has 4 nitrogen and oxygen atoms in total. The molecule has 0 spiro atoms. The highest BCUT2D eigenvalue weighted by molar-refractivity contribution is 7.11. The third kappa shape index (κ3) is 2.20. The number of rotatable bonds is 2. The molecule has 16 heavy (non-hydrogen) atoms. The van der Waals surface area contributed by atoms with Crippen LogP contribution in [0, 0.1) is 6.92 Å². The predicted octanol–water partition coefficient (Wildman–Crippen LogP) is 2.29. The van der Waals surface area contributed by atoms with Crippen molar-refractivity contribution >= 4 is 28.6 Å². The van der Waals surface area contributed by atoms with E-state index >= 15 is 0 Å². The van der Waals surface area contributed by atoms with E-state index in [1.807, 2.05) is 13.0 Å². The number of anilines is 2. The van der Waals surface area contributed by atoms with Gasteiger partial charge in [0.1, 0.15) is 4.88 Å². The van der Waals surface area contributed by atoms with Crippen molar-refractivity contribution < 1.29 is 4.79 Å². The highest BCUT2D eigenvalue weighted by atomic mass is 32.1. The minimum absolute atomic E-state index is 0.143. The fourth-order valence-electron chi connectivity index (χ4n) is 1.34. The minimum atomic E-state index is -0.143. The molecule has 2 rings (SSSR count). The van der Waals surface area contributed by atoms with Crippen LogP contribution in [0.3, 0.4) is 0 Å². The van der Waals surface area contributed by atoms with Crippen molar-refractivity contribution in [2.45, 2.75) is 6.92 Å². The number of nitrogens with one attached hydrogen (secondary N) is 1. The van der Waals surface area contributed by atoms with Crippen LogP contribution in [0.4, 0.5) is 11.4 Å². The predicted molar refractivity (Wildman–Crippen MR) is 65.7 cm³/mol. The second-order valence-corrected chi connectivity index (χ2v) is 4.28. The van der Waals surface area contributed by atoms with Crippen molar-refractivity contribution in [3.05, 3.63) is 40.3 Å². The summed E-state index contributed by atoms with van der Waals surface area (Å²) >= 11 is 1.31. The highest BCUT2D eigenvalue weighted by Gasteiger charge is 2.08. The number of nitrogen functional groups attached to an aromatic ring is 1. The lowest BCUT2D eigenvalue weighted by molar-refractivity contribution is 0.103. The molecule has 1 aromatic carbocycles. The smallest absolute Gasteiger partial charge is 0.267 e. The second-order valence-electron chi connectivity index (χ2n) is 3.39. The van der Waals surface area contributed by atoms with Gasteiger partial charge in [0, 0.05) is 11.4 Å². The molecule has 5 heteroatoms. The first-order valence-electron chi connectivity index (χ1n) is 4.73. The Morgan fingerprint density at radius 3 is 2.94 bits per heavy atom. The zero-order valence-corrected chi connectivity index (χ0v) is 9.54. The van der Waals surface area contributed by atoms with E-state index in [2.05, 4.69) is 10.3 Å². The molecular weight excluding hydrogens is 222 g/mol. The number of hydrogen-bond donors (Lipinski definition) is 2. The highest BCUT2D eigenvalue weighted by Crippen LogP contribution is 2.19. The number of nitrogens with two attached hydrogens (primary N) is 1. The first-order chi connectivity index (χ1) is 7.66. The number of carbonyl (C=O) groups is 1. The van der Waals surface area contributed by atoms with Crippen LogP contribution in [0.25, 0.3) is 0 Å². The monoisotopic (exact) mass is 233 g/mol. The Bertz CT molecular complexity index is 508. The van der Waals surface area contributed by atoms with E-state index in [1.165, 1.54) is 11.3 Å². The summed E-state index contributed by atoms with van der Waals surface area (Å²) in [6.45, 7) is 1.90. The molecule has 0 aliphatic carbocycles. The SMILES string of the molecule is Cc1cc(N)ccc1NC(=O)c1cncs1. The summed E-state index contributed by atoms with van der Waals surface area (Å²) in [6.07, 6.45) is 1.55. The first kappa shape index (κ1) is 10.6. The topological polar surface area (TPSA) is 68.0 Å². The molecule has 3 N–H and O–H groups in total. The zero-order valence-electron chi connectivity index (χ0n) is 8.73. The summed E-state index contributed by atoms with van der Waals surface area (Å²) in [5, 5.41) is 2.82. The maximum atomic E-state index is 11.7. The Labute approximate surface area is 97.1 Å². The normalized spacial score (nSPS) is 10.1. The first-order valence-corrected chi connectivity index (χ1v) is 5.61. The summed E-state index contributed by atoms with van der Waals surface area (Å²) in [6, 6.07) is 5.38. The molecule has 2 aromatic rings. The molecule has 0 aliphatic rings. The third-order valence-electron chi connectivity index (χ3n) is 2.15. The van der Waals surface area contributed by atoms with Crippen molar-refractivity contribution in [1.82, 2.24) is 4.98 Å². The van der Waals surface area contributed by atoms with Crippen LogP contribution in [0.15, 0.2) is 29.9 Å². The van der Waals surface area contributed by atoms with Crippen LogP contribution >= 0.6 is 11.3 Å². The van der Waals surface area contributed by atoms with Crippen molar-refractivity contribution in [1.29, 1.82) is 0 Å². The molecule has 1 amide bonds.